The molecule has 1 aliphatic rings. The smallest absolute Gasteiger partial charge is 0.132 e. The monoisotopic (exact) mass is 409 g/mol. The van der Waals surface area contributed by atoms with Crippen molar-refractivity contribution in [3.8, 4) is 22.6 Å². The lowest BCUT2D eigenvalue weighted by Gasteiger charge is -2.14. The number of fused-ring (bicyclic) bond motifs is 2. The molecule has 3 N–H and O–H groups in total. The first kappa shape index (κ1) is 18.0. The zero-order chi connectivity index (χ0) is 20.8. The predicted molar refractivity (Wildman–Crippen MR) is 122 cm³/mol. The van der Waals surface area contributed by atoms with Gasteiger partial charge in [-0.25, -0.2) is 4.39 Å². The maximum Gasteiger partial charge on any atom is 0.132 e. The van der Waals surface area contributed by atoms with E-state index in [9.17, 15) is 4.39 Å². The van der Waals surface area contributed by atoms with Gasteiger partial charge in [0.25, 0.3) is 0 Å². The molecule has 0 amide bonds. The Bertz CT molecular complexity index is 1460. The van der Waals surface area contributed by atoms with Crippen LogP contribution in [0, 0.1) is 5.82 Å². The summed E-state index contributed by atoms with van der Waals surface area (Å²) in [5.41, 5.74) is 7.31. The van der Waals surface area contributed by atoms with Crippen LogP contribution in [0.1, 0.15) is 12.0 Å². The van der Waals surface area contributed by atoms with Crippen molar-refractivity contribution in [2.75, 3.05) is 13.1 Å². The molecule has 6 rings (SSSR count). The van der Waals surface area contributed by atoms with Crippen LogP contribution in [0.25, 0.3) is 50.0 Å². The number of pyridine rings is 1. The third kappa shape index (κ3) is 3.04. The lowest BCUT2D eigenvalue weighted by molar-refractivity contribution is 0.631. The summed E-state index contributed by atoms with van der Waals surface area (Å²) in [5, 5.41) is 13.0. The van der Waals surface area contributed by atoms with Crippen LogP contribution in [0.4, 0.5) is 4.39 Å². The first-order valence-electron chi connectivity index (χ1n) is 10.4. The van der Waals surface area contributed by atoms with Crippen LogP contribution in [0.2, 0.25) is 0 Å². The van der Waals surface area contributed by atoms with Gasteiger partial charge < -0.3 is 10.3 Å². The molecule has 4 heterocycles. The Morgan fingerprint density at radius 3 is 2.68 bits per heavy atom. The second kappa shape index (κ2) is 7.18. The van der Waals surface area contributed by atoms with Crippen LogP contribution in [-0.2, 0) is 0 Å². The lowest BCUT2D eigenvalue weighted by atomic mass is 9.98. The zero-order valence-corrected chi connectivity index (χ0v) is 16.7. The Morgan fingerprint density at radius 2 is 1.81 bits per heavy atom. The van der Waals surface area contributed by atoms with Gasteiger partial charge in [0.1, 0.15) is 11.5 Å². The van der Waals surface area contributed by atoms with Crippen molar-refractivity contribution >= 4 is 27.4 Å². The summed E-state index contributed by atoms with van der Waals surface area (Å²) in [6.45, 7) is 1.90. The van der Waals surface area contributed by atoms with Crippen LogP contribution < -0.4 is 5.32 Å². The van der Waals surface area contributed by atoms with Crippen LogP contribution in [0.3, 0.4) is 0 Å². The molecule has 2 aromatic carbocycles. The number of aromatic amines is 2. The molecule has 0 atom stereocenters. The molecular weight excluding hydrogens is 389 g/mol. The van der Waals surface area contributed by atoms with Gasteiger partial charge in [-0.05, 0) is 60.5 Å². The van der Waals surface area contributed by atoms with Gasteiger partial charge in [0.05, 0.1) is 16.9 Å². The molecule has 0 bridgehead atoms. The highest BCUT2D eigenvalue weighted by Gasteiger charge is 2.16. The van der Waals surface area contributed by atoms with E-state index in [1.165, 1.54) is 17.2 Å². The molecule has 0 spiro atoms. The number of benzene rings is 2. The summed E-state index contributed by atoms with van der Waals surface area (Å²) in [4.78, 5) is 7.92. The number of nitrogens with zero attached hydrogens (tertiary/aromatic N) is 2. The molecular formula is C25H20FN5. The lowest BCUT2D eigenvalue weighted by Crippen LogP contribution is -2.19. The van der Waals surface area contributed by atoms with Gasteiger partial charge in [-0.2, -0.15) is 5.10 Å². The van der Waals surface area contributed by atoms with E-state index in [4.69, 9.17) is 0 Å². The highest BCUT2D eigenvalue weighted by Crippen LogP contribution is 2.34. The number of H-pyrrole nitrogens is 2. The fraction of sp³-hybridized carbons (Fsp3) is 0.120. The predicted octanol–water partition coefficient (Wildman–Crippen LogP) is 5.29. The van der Waals surface area contributed by atoms with Gasteiger partial charge in [-0.3, -0.25) is 10.1 Å². The third-order valence-corrected chi connectivity index (χ3v) is 5.93. The van der Waals surface area contributed by atoms with Crippen molar-refractivity contribution < 1.29 is 4.39 Å². The molecule has 5 aromatic rings. The molecule has 152 valence electrons. The highest BCUT2D eigenvalue weighted by molar-refractivity contribution is 6.00. The van der Waals surface area contributed by atoms with Crippen molar-refractivity contribution in [1.82, 2.24) is 25.5 Å². The molecule has 0 fully saturated rings. The first-order chi connectivity index (χ1) is 15.3. The van der Waals surface area contributed by atoms with Crippen LogP contribution in [-0.4, -0.2) is 33.3 Å². The molecule has 5 nitrogen and oxygen atoms in total. The average Bonchev–Trinajstić information content (AvgIpc) is 3.43. The van der Waals surface area contributed by atoms with E-state index in [1.54, 1.807) is 18.3 Å². The van der Waals surface area contributed by atoms with Gasteiger partial charge in [0.2, 0.25) is 0 Å². The number of hydrogen-bond acceptors (Lipinski definition) is 3. The van der Waals surface area contributed by atoms with Gasteiger partial charge in [0, 0.05) is 34.6 Å². The molecule has 3 aromatic heterocycles. The molecule has 0 saturated carbocycles. The maximum atomic E-state index is 14.4. The van der Waals surface area contributed by atoms with Gasteiger partial charge in [-0.1, -0.05) is 24.3 Å². The van der Waals surface area contributed by atoms with Crippen LogP contribution in [0.15, 0.2) is 66.9 Å². The summed E-state index contributed by atoms with van der Waals surface area (Å²) < 4.78 is 14.4. The summed E-state index contributed by atoms with van der Waals surface area (Å²) in [6.07, 6.45) is 4.97. The van der Waals surface area contributed by atoms with E-state index in [0.717, 1.165) is 52.7 Å². The van der Waals surface area contributed by atoms with E-state index in [1.807, 2.05) is 18.2 Å². The highest BCUT2D eigenvalue weighted by atomic mass is 19.1. The Morgan fingerprint density at radius 1 is 0.903 bits per heavy atom. The molecule has 0 unspecified atom stereocenters. The molecule has 1 aliphatic heterocycles. The summed E-state index contributed by atoms with van der Waals surface area (Å²) in [6, 6.07) is 17.1. The largest absolute Gasteiger partial charge is 0.353 e. The van der Waals surface area contributed by atoms with Crippen molar-refractivity contribution in [2.45, 2.75) is 6.42 Å². The molecule has 0 saturated heterocycles. The Balaban J connectivity index is 1.50. The Labute approximate surface area is 178 Å². The number of aromatic nitrogens is 4. The number of rotatable bonds is 3. The average molecular weight is 409 g/mol. The quantitative estimate of drug-likeness (QED) is 0.379. The van der Waals surface area contributed by atoms with Crippen LogP contribution in [0.5, 0.6) is 0 Å². The van der Waals surface area contributed by atoms with Crippen molar-refractivity contribution in [1.29, 1.82) is 0 Å². The van der Waals surface area contributed by atoms with E-state index in [2.05, 4.69) is 49.8 Å². The third-order valence-electron chi connectivity index (χ3n) is 5.93. The Hall–Kier alpha value is -3.77. The normalized spacial score (nSPS) is 14.3. The molecule has 0 aliphatic carbocycles. The number of hydrogen-bond donors (Lipinski definition) is 3. The van der Waals surface area contributed by atoms with Crippen molar-refractivity contribution in [3.63, 3.8) is 0 Å². The van der Waals surface area contributed by atoms with Gasteiger partial charge in [0.15, 0.2) is 0 Å². The maximum absolute atomic E-state index is 14.4. The standard InChI is InChI=1S/C25H20FN5/c26-20-4-2-1-3-17(20)24-19-14-23(29-21(19)9-12-28-24)25-18-13-16(5-6-22(18)30-31-25)15-7-10-27-11-8-15/h1-7,9,12-14,27,29H,8,10-11H2,(H,30,31). The number of nitrogens with one attached hydrogen (secondary N) is 3. The topological polar surface area (TPSA) is 69.4 Å². The van der Waals surface area contributed by atoms with E-state index in [-0.39, 0.29) is 5.82 Å². The van der Waals surface area contributed by atoms with Gasteiger partial charge in [-0.15, -0.1) is 0 Å². The molecule has 31 heavy (non-hydrogen) atoms. The minimum atomic E-state index is -0.282. The fourth-order valence-electron chi connectivity index (χ4n) is 4.35. The minimum Gasteiger partial charge on any atom is -0.353 e. The minimum absolute atomic E-state index is 0.282. The van der Waals surface area contributed by atoms with Crippen LogP contribution >= 0.6 is 0 Å². The SMILES string of the molecule is Fc1ccccc1-c1nccc2[nH]c(-c3n[nH]c4ccc(C5=CCNCC5)cc34)cc12. The fourth-order valence-corrected chi connectivity index (χ4v) is 4.35. The summed E-state index contributed by atoms with van der Waals surface area (Å²) in [5.74, 6) is -0.282. The van der Waals surface area contributed by atoms with E-state index < -0.39 is 0 Å². The molecule has 0 radical (unpaired) electrons. The second-order valence-electron chi connectivity index (χ2n) is 7.80. The molecule has 6 heteroatoms. The van der Waals surface area contributed by atoms with Crippen molar-refractivity contribution in [2.24, 2.45) is 0 Å². The number of halogens is 1. The zero-order valence-electron chi connectivity index (χ0n) is 16.7. The van der Waals surface area contributed by atoms with Gasteiger partial charge >= 0.3 is 0 Å². The second-order valence-corrected chi connectivity index (χ2v) is 7.80. The first-order valence-corrected chi connectivity index (χ1v) is 10.4. The summed E-state index contributed by atoms with van der Waals surface area (Å²) >= 11 is 0. The Kier molecular flexibility index (Phi) is 4.18. The van der Waals surface area contributed by atoms with E-state index >= 15 is 0 Å². The van der Waals surface area contributed by atoms with Crippen molar-refractivity contribution in [3.05, 3.63) is 78.3 Å². The van der Waals surface area contributed by atoms with E-state index in [0.29, 0.717) is 11.3 Å². The summed E-state index contributed by atoms with van der Waals surface area (Å²) in [7, 11) is 0.